The first-order valence-corrected chi connectivity index (χ1v) is 8.33. The molecule has 3 rings (SSSR count). The summed E-state index contributed by atoms with van der Waals surface area (Å²) in [5, 5.41) is 5.86. The van der Waals surface area contributed by atoms with E-state index in [9.17, 15) is 4.79 Å². The Hall–Kier alpha value is -3.28. The number of carbonyl (C=O) groups excluding carboxylic acids is 1. The number of amides is 2. The Bertz CT molecular complexity index is 887. The second kappa shape index (κ2) is 7.74. The fourth-order valence-corrected chi connectivity index (χ4v) is 2.78. The van der Waals surface area contributed by atoms with E-state index in [1.165, 1.54) is 0 Å². The number of benzene rings is 2. The van der Waals surface area contributed by atoms with Gasteiger partial charge in [-0.2, -0.15) is 0 Å². The molecule has 1 atom stereocenters. The van der Waals surface area contributed by atoms with Gasteiger partial charge in [-0.25, -0.2) is 9.78 Å². The van der Waals surface area contributed by atoms with Gasteiger partial charge < -0.3 is 19.9 Å². The van der Waals surface area contributed by atoms with E-state index >= 15 is 0 Å². The van der Waals surface area contributed by atoms with E-state index in [1.54, 1.807) is 13.3 Å². The van der Waals surface area contributed by atoms with Crippen LogP contribution in [0.3, 0.4) is 0 Å². The molecule has 0 saturated heterocycles. The van der Waals surface area contributed by atoms with Crippen LogP contribution in [0.5, 0.6) is 5.75 Å². The Morgan fingerprint density at radius 2 is 1.88 bits per heavy atom. The van der Waals surface area contributed by atoms with E-state index in [2.05, 4.69) is 15.6 Å². The first-order chi connectivity index (χ1) is 12.6. The van der Waals surface area contributed by atoms with Gasteiger partial charge in [0.15, 0.2) is 0 Å². The van der Waals surface area contributed by atoms with E-state index in [-0.39, 0.29) is 6.03 Å². The summed E-state index contributed by atoms with van der Waals surface area (Å²) in [6.07, 6.45) is 3.55. The number of carbonyl (C=O) groups is 1. The average Bonchev–Trinajstić information content (AvgIpc) is 3.07. The second-order valence-corrected chi connectivity index (χ2v) is 6.04. The smallest absolute Gasteiger partial charge is 0.320 e. The summed E-state index contributed by atoms with van der Waals surface area (Å²) in [7, 11) is 3.50. The Morgan fingerprint density at radius 3 is 2.54 bits per heavy atom. The molecule has 0 saturated carbocycles. The number of hydrogen-bond acceptors (Lipinski definition) is 3. The number of imidazole rings is 1. The number of nitrogens with one attached hydrogen (secondary N) is 2. The number of methoxy groups -OCH3 is 1. The molecular formula is C20H22N4O2. The number of ether oxygens (including phenoxy) is 1. The molecule has 0 bridgehead atoms. The lowest BCUT2D eigenvalue weighted by atomic mass is 10.0. The summed E-state index contributed by atoms with van der Waals surface area (Å²) in [6, 6.07) is 14.5. The summed E-state index contributed by atoms with van der Waals surface area (Å²) in [4.78, 5) is 17.0. The highest BCUT2D eigenvalue weighted by Gasteiger charge is 2.23. The molecule has 2 N–H and O–H groups in total. The molecule has 1 aromatic heterocycles. The van der Waals surface area contributed by atoms with Crippen molar-refractivity contribution in [3.8, 4) is 5.75 Å². The highest BCUT2D eigenvalue weighted by atomic mass is 16.5. The number of hydrogen-bond donors (Lipinski definition) is 2. The maximum Gasteiger partial charge on any atom is 0.320 e. The molecule has 0 aliphatic rings. The van der Waals surface area contributed by atoms with Crippen LogP contribution in [0.4, 0.5) is 10.5 Å². The van der Waals surface area contributed by atoms with E-state index in [0.29, 0.717) is 11.6 Å². The fraction of sp³-hybridized carbons (Fsp3) is 0.200. The fourth-order valence-electron chi connectivity index (χ4n) is 2.78. The minimum absolute atomic E-state index is 0.312. The lowest BCUT2D eigenvalue weighted by molar-refractivity contribution is 0.249. The van der Waals surface area contributed by atoms with Crippen molar-refractivity contribution in [1.82, 2.24) is 14.9 Å². The molecule has 26 heavy (non-hydrogen) atoms. The summed E-state index contributed by atoms with van der Waals surface area (Å²) in [6.45, 7) is 2.00. The molecule has 0 fully saturated rings. The van der Waals surface area contributed by atoms with Crippen LogP contribution in [0.25, 0.3) is 0 Å². The number of aromatic nitrogens is 2. The first kappa shape index (κ1) is 17.5. The lowest BCUT2D eigenvalue weighted by Crippen LogP contribution is -2.34. The molecule has 1 heterocycles. The monoisotopic (exact) mass is 350 g/mol. The predicted molar refractivity (Wildman–Crippen MR) is 101 cm³/mol. The molecule has 6 nitrogen and oxygen atoms in total. The summed E-state index contributed by atoms with van der Waals surface area (Å²) in [5.74, 6) is 1.41. The number of aryl methyl sites for hydroxylation is 2. The van der Waals surface area contributed by atoms with Crippen LogP contribution >= 0.6 is 0 Å². The van der Waals surface area contributed by atoms with Crippen LogP contribution in [0, 0.1) is 6.92 Å². The molecule has 6 heteroatoms. The van der Waals surface area contributed by atoms with Gasteiger partial charge >= 0.3 is 6.03 Å². The number of nitrogens with zero attached hydrogens (tertiary/aromatic N) is 2. The van der Waals surface area contributed by atoms with Crippen molar-refractivity contribution in [1.29, 1.82) is 0 Å². The van der Waals surface area contributed by atoms with Crippen LogP contribution in [0.2, 0.25) is 0 Å². The van der Waals surface area contributed by atoms with Crippen molar-refractivity contribution in [3.63, 3.8) is 0 Å². The van der Waals surface area contributed by atoms with Crippen LogP contribution in [0.1, 0.15) is 23.0 Å². The number of rotatable bonds is 5. The zero-order valence-corrected chi connectivity index (χ0v) is 15.1. The third kappa shape index (κ3) is 3.85. The van der Waals surface area contributed by atoms with Gasteiger partial charge in [-0.15, -0.1) is 0 Å². The van der Waals surface area contributed by atoms with Crippen LogP contribution in [0.15, 0.2) is 60.9 Å². The van der Waals surface area contributed by atoms with E-state index in [1.807, 2.05) is 73.3 Å². The van der Waals surface area contributed by atoms with Gasteiger partial charge in [-0.05, 0) is 25.1 Å². The van der Waals surface area contributed by atoms with Gasteiger partial charge in [-0.3, -0.25) is 0 Å². The van der Waals surface area contributed by atoms with Crippen molar-refractivity contribution < 1.29 is 9.53 Å². The van der Waals surface area contributed by atoms with E-state index in [0.717, 1.165) is 16.8 Å². The first-order valence-electron chi connectivity index (χ1n) is 8.33. The van der Waals surface area contributed by atoms with Crippen molar-refractivity contribution in [2.45, 2.75) is 13.0 Å². The van der Waals surface area contributed by atoms with Gasteiger partial charge in [0.2, 0.25) is 0 Å². The maximum atomic E-state index is 12.6. The third-order valence-electron chi connectivity index (χ3n) is 4.15. The van der Waals surface area contributed by atoms with Crippen LogP contribution in [-0.4, -0.2) is 22.7 Å². The minimum Gasteiger partial charge on any atom is -0.496 e. The largest absolute Gasteiger partial charge is 0.496 e. The summed E-state index contributed by atoms with van der Waals surface area (Å²) in [5.41, 5.74) is 2.70. The Kier molecular flexibility index (Phi) is 5.22. The Labute approximate surface area is 152 Å². The second-order valence-electron chi connectivity index (χ2n) is 6.04. The van der Waals surface area contributed by atoms with E-state index < -0.39 is 6.04 Å². The number of urea groups is 1. The highest BCUT2D eigenvalue weighted by molar-refractivity contribution is 5.89. The molecule has 0 spiro atoms. The van der Waals surface area contributed by atoms with Crippen molar-refractivity contribution >= 4 is 11.7 Å². The Balaban J connectivity index is 1.88. The number of anilines is 1. The molecular weight excluding hydrogens is 328 g/mol. The van der Waals surface area contributed by atoms with Crippen LogP contribution < -0.4 is 15.4 Å². The lowest BCUT2D eigenvalue weighted by Gasteiger charge is -2.21. The average molecular weight is 350 g/mol. The van der Waals surface area contributed by atoms with Gasteiger partial charge in [0.25, 0.3) is 0 Å². The molecule has 2 aromatic carbocycles. The van der Waals surface area contributed by atoms with E-state index in [4.69, 9.17) is 4.74 Å². The van der Waals surface area contributed by atoms with Gasteiger partial charge in [-0.1, -0.05) is 35.9 Å². The molecule has 3 aromatic rings. The summed E-state index contributed by atoms with van der Waals surface area (Å²) >= 11 is 0. The molecule has 134 valence electrons. The van der Waals surface area contributed by atoms with Gasteiger partial charge in [0.1, 0.15) is 17.6 Å². The third-order valence-corrected chi connectivity index (χ3v) is 4.15. The zero-order chi connectivity index (χ0) is 18.5. The summed E-state index contributed by atoms with van der Waals surface area (Å²) < 4.78 is 7.35. The maximum absolute atomic E-state index is 12.6. The van der Waals surface area contributed by atoms with Crippen molar-refractivity contribution in [3.05, 3.63) is 77.9 Å². The molecule has 0 radical (unpaired) electrons. The standard InChI is InChI=1S/C20H22N4O2/c1-14-8-10-15(11-9-14)22-20(25)23-18(19-21-12-13-24(19)2)16-6-4-5-7-17(16)26-3/h4-13,18H,1-3H3,(H2,22,23,25). The normalized spacial score (nSPS) is 11.7. The number of para-hydroxylation sites is 1. The van der Waals surface area contributed by atoms with Crippen molar-refractivity contribution in [2.75, 3.05) is 12.4 Å². The molecule has 0 aliphatic heterocycles. The quantitative estimate of drug-likeness (QED) is 0.738. The molecule has 1 unspecified atom stereocenters. The van der Waals surface area contributed by atoms with Crippen LogP contribution in [-0.2, 0) is 7.05 Å². The van der Waals surface area contributed by atoms with Gasteiger partial charge in [0.05, 0.1) is 7.11 Å². The SMILES string of the molecule is COc1ccccc1C(NC(=O)Nc1ccc(C)cc1)c1nccn1C. The Morgan fingerprint density at radius 1 is 1.15 bits per heavy atom. The van der Waals surface area contributed by atoms with Gasteiger partial charge in [0, 0.05) is 30.7 Å². The molecule has 2 amide bonds. The topological polar surface area (TPSA) is 68.2 Å². The predicted octanol–water partition coefficient (Wildman–Crippen LogP) is 3.65. The minimum atomic E-state index is -0.448. The molecule has 0 aliphatic carbocycles. The zero-order valence-electron chi connectivity index (χ0n) is 15.1. The van der Waals surface area contributed by atoms with Crippen molar-refractivity contribution in [2.24, 2.45) is 7.05 Å². The highest BCUT2D eigenvalue weighted by Crippen LogP contribution is 2.29.